The number of methoxy groups -OCH3 is 1. The molecule has 182 valence electrons. The summed E-state index contributed by atoms with van der Waals surface area (Å²) < 4.78 is 32.4. The third kappa shape index (κ3) is 5.70. The summed E-state index contributed by atoms with van der Waals surface area (Å²) in [4.78, 5) is 25.7. The van der Waals surface area contributed by atoms with Crippen LogP contribution in [-0.4, -0.2) is 44.7 Å². The van der Waals surface area contributed by atoms with Gasteiger partial charge in [0.25, 0.3) is 5.91 Å². The molecule has 0 radical (unpaired) electrons. The summed E-state index contributed by atoms with van der Waals surface area (Å²) in [6, 6.07) is 22.1. The number of carbonyl (C=O) groups excluding carboxylic acids is 2. The fourth-order valence-corrected chi connectivity index (χ4v) is 5.44. The summed E-state index contributed by atoms with van der Waals surface area (Å²) in [5, 5.41) is 5.74. The Morgan fingerprint density at radius 1 is 0.829 bits per heavy atom. The van der Waals surface area contributed by atoms with Gasteiger partial charge in [0.05, 0.1) is 23.4 Å². The monoisotopic (exact) mass is 493 g/mol. The molecule has 0 bridgehead atoms. The van der Waals surface area contributed by atoms with Crippen molar-refractivity contribution in [3.63, 3.8) is 0 Å². The first kappa shape index (κ1) is 24.4. The number of amides is 2. The summed E-state index contributed by atoms with van der Waals surface area (Å²) >= 11 is 0. The van der Waals surface area contributed by atoms with Crippen molar-refractivity contribution in [2.24, 2.45) is 5.92 Å². The van der Waals surface area contributed by atoms with Gasteiger partial charge in [-0.15, -0.1) is 0 Å². The Bertz CT molecular complexity index is 1290. The number of benzene rings is 3. The molecule has 3 aromatic rings. The van der Waals surface area contributed by atoms with Crippen LogP contribution < -0.4 is 15.4 Å². The van der Waals surface area contributed by atoms with Crippen molar-refractivity contribution in [3.8, 4) is 5.75 Å². The zero-order valence-electron chi connectivity index (χ0n) is 19.3. The van der Waals surface area contributed by atoms with Crippen LogP contribution >= 0.6 is 0 Å². The first-order valence-corrected chi connectivity index (χ1v) is 12.7. The second kappa shape index (κ2) is 10.7. The second-order valence-corrected chi connectivity index (χ2v) is 10.1. The van der Waals surface area contributed by atoms with Gasteiger partial charge in [-0.25, -0.2) is 8.42 Å². The molecule has 1 saturated heterocycles. The lowest BCUT2D eigenvalue weighted by Crippen LogP contribution is -2.41. The molecule has 1 heterocycles. The molecule has 0 aromatic heterocycles. The van der Waals surface area contributed by atoms with Crippen molar-refractivity contribution in [2.45, 2.75) is 17.7 Å². The number of nitrogens with one attached hydrogen (secondary N) is 2. The fourth-order valence-electron chi connectivity index (χ4n) is 3.98. The number of carbonyl (C=O) groups is 2. The smallest absolute Gasteiger partial charge is 0.255 e. The van der Waals surface area contributed by atoms with Crippen LogP contribution in [-0.2, 0) is 14.8 Å². The van der Waals surface area contributed by atoms with E-state index in [0.717, 1.165) is 0 Å². The number of rotatable bonds is 7. The minimum Gasteiger partial charge on any atom is -0.497 e. The first-order valence-electron chi connectivity index (χ1n) is 11.3. The third-order valence-corrected chi connectivity index (χ3v) is 7.90. The summed E-state index contributed by atoms with van der Waals surface area (Å²) in [5.74, 6) is -0.230. The van der Waals surface area contributed by atoms with E-state index in [2.05, 4.69) is 10.6 Å². The molecule has 0 unspecified atom stereocenters. The maximum absolute atomic E-state index is 13.0. The van der Waals surface area contributed by atoms with Crippen LogP contribution in [0.5, 0.6) is 5.75 Å². The molecular weight excluding hydrogens is 466 g/mol. The predicted octanol–water partition coefficient (Wildman–Crippen LogP) is 3.99. The predicted molar refractivity (Wildman–Crippen MR) is 134 cm³/mol. The Balaban J connectivity index is 1.37. The topological polar surface area (TPSA) is 105 Å². The van der Waals surface area contributed by atoms with Crippen LogP contribution in [0.2, 0.25) is 0 Å². The molecule has 8 nitrogen and oxygen atoms in total. The highest BCUT2D eigenvalue weighted by Gasteiger charge is 2.32. The van der Waals surface area contributed by atoms with Gasteiger partial charge < -0.3 is 15.4 Å². The number of hydrogen-bond acceptors (Lipinski definition) is 5. The Morgan fingerprint density at radius 2 is 1.40 bits per heavy atom. The summed E-state index contributed by atoms with van der Waals surface area (Å²) in [7, 11) is -2.12. The van der Waals surface area contributed by atoms with Crippen LogP contribution in [0, 0.1) is 5.92 Å². The average molecular weight is 494 g/mol. The van der Waals surface area contributed by atoms with Gasteiger partial charge in [0, 0.05) is 24.6 Å². The van der Waals surface area contributed by atoms with Gasteiger partial charge in [-0.2, -0.15) is 4.31 Å². The Labute approximate surface area is 205 Å². The van der Waals surface area contributed by atoms with Crippen molar-refractivity contribution in [1.29, 1.82) is 0 Å². The lowest BCUT2D eigenvalue weighted by atomic mass is 9.97. The van der Waals surface area contributed by atoms with Crippen molar-refractivity contribution < 1.29 is 22.7 Å². The Morgan fingerprint density at radius 3 is 2.00 bits per heavy atom. The van der Waals surface area contributed by atoms with E-state index in [1.165, 1.54) is 23.5 Å². The number of piperidine rings is 1. The zero-order chi connectivity index (χ0) is 24.8. The van der Waals surface area contributed by atoms with Gasteiger partial charge in [0.15, 0.2) is 0 Å². The molecule has 35 heavy (non-hydrogen) atoms. The highest BCUT2D eigenvalue weighted by atomic mass is 32.2. The number of para-hydroxylation sites is 2. The molecular formula is C26H27N3O5S. The van der Waals surface area contributed by atoms with E-state index in [-0.39, 0.29) is 35.7 Å². The summed E-state index contributed by atoms with van der Waals surface area (Å²) in [6.07, 6.45) is 0.805. The van der Waals surface area contributed by atoms with E-state index in [1.54, 1.807) is 60.7 Å². The molecule has 0 spiro atoms. The van der Waals surface area contributed by atoms with Crippen molar-refractivity contribution in [1.82, 2.24) is 4.31 Å². The lowest BCUT2D eigenvalue weighted by Gasteiger charge is -2.30. The first-order chi connectivity index (χ1) is 16.9. The van der Waals surface area contributed by atoms with E-state index in [0.29, 0.717) is 35.5 Å². The SMILES string of the molecule is COc1ccc(S(=O)(=O)N2CCC(C(=O)Nc3ccccc3NC(=O)c3ccccc3)CC2)cc1. The molecule has 2 N–H and O–H groups in total. The molecule has 1 fully saturated rings. The molecule has 2 amide bonds. The van der Waals surface area contributed by atoms with Crippen LogP contribution in [0.15, 0.2) is 83.8 Å². The highest BCUT2D eigenvalue weighted by molar-refractivity contribution is 7.89. The van der Waals surface area contributed by atoms with Gasteiger partial charge in [0.1, 0.15) is 5.75 Å². The molecule has 0 aliphatic carbocycles. The average Bonchev–Trinajstić information content (AvgIpc) is 2.90. The van der Waals surface area contributed by atoms with Crippen LogP contribution in [0.4, 0.5) is 11.4 Å². The molecule has 4 rings (SSSR count). The van der Waals surface area contributed by atoms with Gasteiger partial charge in [-0.1, -0.05) is 30.3 Å². The zero-order valence-corrected chi connectivity index (χ0v) is 20.1. The lowest BCUT2D eigenvalue weighted by molar-refractivity contribution is -0.120. The normalized spacial score (nSPS) is 14.8. The van der Waals surface area contributed by atoms with Gasteiger partial charge in [-0.3, -0.25) is 9.59 Å². The number of anilines is 2. The molecule has 1 aliphatic heterocycles. The highest BCUT2D eigenvalue weighted by Crippen LogP contribution is 2.28. The van der Waals surface area contributed by atoms with Gasteiger partial charge in [-0.05, 0) is 61.4 Å². The van der Waals surface area contributed by atoms with Gasteiger partial charge in [0.2, 0.25) is 15.9 Å². The van der Waals surface area contributed by atoms with E-state index >= 15 is 0 Å². The van der Waals surface area contributed by atoms with Crippen molar-refractivity contribution in [2.75, 3.05) is 30.8 Å². The summed E-state index contributed by atoms with van der Waals surface area (Å²) in [5.41, 5.74) is 1.50. The standard InChI is InChI=1S/C26H27N3O5S/c1-34-21-11-13-22(14-12-21)35(32,33)29-17-15-20(16-18-29)26(31)28-24-10-6-5-9-23(24)27-25(30)19-7-3-2-4-8-19/h2-14,20H,15-18H2,1H3,(H,27,30)(H,28,31). The largest absolute Gasteiger partial charge is 0.497 e. The van der Waals surface area contributed by atoms with Crippen LogP contribution in [0.3, 0.4) is 0 Å². The molecule has 0 saturated carbocycles. The minimum absolute atomic E-state index is 0.198. The Hall–Kier alpha value is -3.69. The van der Waals surface area contributed by atoms with Crippen molar-refractivity contribution >= 4 is 33.2 Å². The Kier molecular flexibility index (Phi) is 7.48. The minimum atomic E-state index is -3.64. The summed E-state index contributed by atoms with van der Waals surface area (Å²) in [6.45, 7) is 0.498. The van der Waals surface area contributed by atoms with Gasteiger partial charge >= 0.3 is 0 Å². The third-order valence-electron chi connectivity index (χ3n) is 5.99. The quantitative estimate of drug-likeness (QED) is 0.518. The van der Waals surface area contributed by atoms with E-state index in [9.17, 15) is 18.0 Å². The van der Waals surface area contributed by atoms with Crippen LogP contribution in [0.25, 0.3) is 0 Å². The molecule has 1 aliphatic rings. The maximum Gasteiger partial charge on any atom is 0.255 e. The maximum atomic E-state index is 13.0. The number of nitrogens with zero attached hydrogens (tertiary/aromatic N) is 1. The molecule has 9 heteroatoms. The second-order valence-electron chi connectivity index (χ2n) is 8.21. The number of hydrogen-bond donors (Lipinski definition) is 2. The van der Waals surface area contributed by atoms with Crippen molar-refractivity contribution in [3.05, 3.63) is 84.4 Å². The number of sulfonamides is 1. The van der Waals surface area contributed by atoms with E-state index in [4.69, 9.17) is 4.74 Å². The fraction of sp³-hybridized carbons (Fsp3) is 0.231. The van der Waals surface area contributed by atoms with E-state index < -0.39 is 10.0 Å². The van der Waals surface area contributed by atoms with E-state index in [1.807, 2.05) is 6.07 Å². The molecule has 3 aromatic carbocycles. The number of ether oxygens (including phenoxy) is 1. The van der Waals surface area contributed by atoms with Crippen LogP contribution in [0.1, 0.15) is 23.2 Å². The molecule has 0 atom stereocenters.